The van der Waals surface area contributed by atoms with Crippen molar-refractivity contribution in [3.8, 4) is 0 Å². The summed E-state index contributed by atoms with van der Waals surface area (Å²) in [6.45, 7) is 3.90. The van der Waals surface area contributed by atoms with Gasteiger partial charge in [0.1, 0.15) is 6.54 Å². The van der Waals surface area contributed by atoms with Gasteiger partial charge in [-0.05, 0) is 12.1 Å². The minimum atomic E-state index is -0.387. The van der Waals surface area contributed by atoms with E-state index < -0.39 is 0 Å². The summed E-state index contributed by atoms with van der Waals surface area (Å²) in [5.74, 6) is -1.06. The Labute approximate surface area is 135 Å². The zero-order valence-electron chi connectivity index (χ0n) is 13.1. The fourth-order valence-electron chi connectivity index (χ4n) is 3.27. The topological polar surface area (TPSA) is 70.9 Å². The second kappa shape index (κ2) is 6.91. The molecular weight excluding hydrogens is 294 g/mol. The molecule has 1 saturated heterocycles. The Kier molecular flexibility index (Phi) is 4.71. The predicted octanol–water partition coefficient (Wildman–Crippen LogP) is -0.532. The van der Waals surface area contributed by atoms with Gasteiger partial charge < -0.3 is 10.2 Å². The lowest BCUT2D eigenvalue weighted by Gasteiger charge is -2.14. The van der Waals surface area contributed by atoms with Gasteiger partial charge in [0, 0.05) is 25.8 Å². The van der Waals surface area contributed by atoms with Gasteiger partial charge in [-0.2, -0.15) is 0 Å². The van der Waals surface area contributed by atoms with Crippen LogP contribution in [-0.2, 0) is 4.79 Å². The minimum absolute atomic E-state index is 0.205. The Hall–Kier alpha value is -2.21. The molecule has 6 heteroatoms. The molecule has 0 unspecified atom stereocenters. The molecule has 23 heavy (non-hydrogen) atoms. The predicted molar refractivity (Wildman–Crippen MR) is 84.2 cm³/mol. The molecule has 6 nitrogen and oxygen atoms in total. The highest BCUT2D eigenvalue weighted by molar-refractivity contribution is 6.22. The number of rotatable bonds is 6. The molecule has 1 fully saturated rings. The van der Waals surface area contributed by atoms with Gasteiger partial charge in [-0.15, -0.1) is 0 Å². The quantitative estimate of drug-likeness (QED) is 0.547. The molecule has 2 aliphatic rings. The number of imide groups is 1. The highest BCUT2D eigenvalue weighted by Gasteiger charge is 2.36. The van der Waals surface area contributed by atoms with E-state index in [0.717, 1.165) is 17.9 Å². The third-order valence-corrected chi connectivity index (χ3v) is 4.52. The maximum atomic E-state index is 12.2. The van der Waals surface area contributed by atoms with Crippen LogP contribution in [0.15, 0.2) is 24.3 Å². The van der Waals surface area contributed by atoms with E-state index in [1.54, 1.807) is 29.2 Å². The fraction of sp³-hybridized carbons (Fsp3) is 0.471. The monoisotopic (exact) mass is 316 g/mol. The number of fused-ring (bicyclic) bond motifs is 1. The van der Waals surface area contributed by atoms with Crippen LogP contribution in [0.25, 0.3) is 0 Å². The number of nitrogens with one attached hydrogen (secondary N) is 2. The third kappa shape index (κ3) is 3.42. The van der Waals surface area contributed by atoms with Gasteiger partial charge in [-0.1, -0.05) is 12.1 Å². The Morgan fingerprint density at radius 1 is 1.09 bits per heavy atom. The summed E-state index contributed by atoms with van der Waals surface area (Å²) >= 11 is 0. The highest BCUT2D eigenvalue weighted by atomic mass is 16.2. The molecule has 0 aromatic heterocycles. The molecule has 2 N–H and O–H groups in total. The number of quaternary nitrogens is 1. The van der Waals surface area contributed by atoms with E-state index in [0.29, 0.717) is 17.7 Å². The van der Waals surface area contributed by atoms with E-state index >= 15 is 0 Å². The van der Waals surface area contributed by atoms with Crippen molar-refractivity contribution in [2.45, 2.75) is 19.3 Å². The summed E-state index contributed by atoms with van der Waals surface area (Å²) in [6, 6.07) is 6.67. The minimum Gasteiger partial charge on any atom is -0.354 e. The van der Waals surface area contributed by atoms with Crippen molar-refractivity contribution in [3.63, 3.8) is 0 Å². The molecule has 0 spiro atoms. The molecule has 122 valence electrons. The van der Waals surface area contributed by atoms with Crippen molar-refractivity contribution in [1.82, 2.24) is 10.2 Å². The van der Waals surface area contributed by atoms with Crippen LogP contribution >= 0.6 is 0 Å². The molecule has 2 aliphatic heterocycles. The van der Waals surface area contributed by atoms with Crippen LogP contribution in [-0.4, -0.2) is 55.3 Å². The lowest BCUT2D eigenvalue weighted by atomic mass is 10.1. The highest BCUT2D eigenvalue weighted by Crippen LogP contribution is 2.21. The number of carbonyl (C=O) groups excluding carboxylic acids is 3. The van der Waals surface area contributed by atoms with E-state index in [2.05, 4.69) is 5.32 Å². The van der Waals surface area contributed by atoms with Crippen molar-refractivity contribution in [3.05, 3.63) is 35.4 Å². The fourth-order valence-corrected chi connectivity index (χ4v) is 3.27. The number of benzene rings is 1. The van der Waals surface area contributed by atoms with Crippen LogP contribution in [0.5, 0.6) is 0 Å². The molecule has 0 radical (unpaired) electrons. The van der Waals surface area contributed by atoms with Crippen LogP contribution in [0.4, 0.5) is 0 Å². The standard InChI is InChI=1S/C17H21N3O3/c21-15(18-8-5-11-19-9-3-4-10-19)12-20-16(22)13-6-1-2-7-14(13)17(20)23/h1-2,6-7H,3-5,8-12H2,(H,18,21)/p+1. The van der Waals surface area contributed by atoms with E-state index in [9.17, 15) is 14.4 Å². The normalized spacial score (nSPS) is 17.7. The van der Waals surface area contributed by atoms with Gasteiger partial charge in [0.15, 0.2) is 0 Å². The van der Waals surface area contributed by atoms with E-state index in [-0.39, 0.29) is 24.3 Å². The SMILES string of the molecule is O=C(CN1C(=O)c2ccccc2C1=O)NCCC[NH+]1CCCC1. The number of nitrogens with zero attached hydrogens (tertiary/aromatic N) is 1. The number of hydrogen-bond donors (Lipinski definition) is 2. The Balaban J connectivity index is 1.45. The number of amides is 3. The molecule has 1 aromatic carbocycles. The summed E-state index contributed by atoms with van der Waals surface area (Å²) in [5.41, 5.74) is 0.755. The molecular formula is C17H22N3O3+. The first-order chi connectivity index (χ1) is 11.2. The molecule has 0 atom stereocenters. The van der Waals surface area contributed by atoms with Crippen LogP contribution in [0, 0.1) is 0 Å². The van der Waals surface area contributed by atoms with Crippen molar-refractivity contribution < 1.29 is 19.3 Å². The molecule has 1 aromatic rings. The van der Waals surface area contributed by atoms with Crippen molar-refractivity contribution in [2.24, 2.45) is 0 Å². The maximum Gasteiger partial charge on any atom is 0.262 e. The molecule has 3 rings (SSSR count). The summed E-state index contributed by atoms with van der Waals surface area (Å²) in [4.78, 5) is 38.9. The number of hydrogen-bond acceptors (Lipinski definition) is 3. The lowest BCUT2D eigenvalue weighted by molar-refractivity contribution is -0.887. The average molecular weight is 316 g/mol. The maximum absolute atomic E-state index is 12.2. The average Bonchev–Trinajstić information content (AvgIpc) is 3.15. The first kappa shape index (κ1) is 15.7. The number of carbonyl (C=O) groups is 3. The third-order valence-electron chi connectivity index (χ3n) is 4.52. The van der Waals surface area contributed by atoms with Crippen LogP contribution in [0.1, 0.15) is 40.0 Å². The van der Waals surface area contributed by atoms with Crippen molar-refractivity contribution in [1.29, 1.82) is 0 Å². The lowest BCUT2D eigenvalue weighted by Crippen LogP contribution is -3.10. The van der Waals surface area contributed by atoms with Gasteiger partial charge >= 0.3 is 0 Å². The zero-order valence-corrected chi connectivity index (χ0v) is 13.1. The second-order valence-electron chi connectivity index (χ2n) is 6.15. The molecule has 0 bridgehead atoms. The Morgan fingerprint density at radius 3 is 2.30 bits per heavy atom. The first-order valence-electron chi connectivity index (χ1n) is 8.22. The van der Waals surface area contributed by atoms with Crippen molar-refractivity contribution >= 4 is 17.7 Å². The first-order valence-corrected chi connectivity index (χ1v) is 8.22. The Bertz CT molecular complexity index is 588. The summed E-state index contributed by atoms with van der Waals surface area (Å²) < 4.78 is 0. The van der Waals surface area contributed by atoms with Gasteiger partial charge in [0.05, 0.1) is 30.8 Å². The van der Waals surface area contributed by atoms with E-state index in [1.165, 1.54) is 25.9 Å². The van der Waals surface area contributed by atoms with Gasteiger partial charge in [0.2, 0.25) is 5.91 Å². The number of likely N-dealkylation sites (tertiary alicyclic amines) is 1. The molecule has 2 heterocycles. The van der Waals surface area contributed by atoms with Crippen LogP contribution in [0.2, 0.25) is 0 Å². The van der Waals surface area contributed by atoms with E-state index in [4.69, 9.17) is 0 Å². The summed E-state index contributed by atoms with van der Waals surface area (Å²) in [7, 11) is 0. The van der Waals surface area contributed by atoms with Crippen LogP contribution < -0.4 is 10.2 Å². The van der Waals surface area contributed by atoms with Gasteiger partial charge in [-0.25, -0.2) is 0 Å². The summed E-state index contributed by atoms with van der Waals surface area (Å²) in [5, 5.41) is 2.80. The largest absolute Gasteiger partial charge is 0.354 e. The summed E-state index contributed by atoms with van der Waals surface area (Å²) in [6.07, 6.45) is 3.51. The van der Waals surface area contributed by atoms with Crippen LogP contribution in [0.3, 0.4) is 0 Å². The smallest absolute Gasteiger partial charge is 0.262 e. The molecule has 0 saturated carbocycles. The van der Waals surface area contributed by atoms with Gasteiger partial charge in [0.25, 0.3) is 11.8 Å². The van der Waals surface area contributed by atoms with E-state index in [1.807, 2.05) is 0 Å². The molecule has 3 amide bonds. The van der Waals surface area contributed by atoms with Crippen molar-refractivity contribution in [2.75, 3.05) is 32.7 Å². The molecule has 0 aliphatic carbocycles. The second-order valence-corrected chi connectivity index (χ2v) is 6.15. The van der Waals surface area contributed by atoms with Gasteiger partial charge in [-0.3, -0.25) is 19.3 Å². The zero-order chi connectivity index (χ0) is 16.2. The Morgan fingerprint density at radius 2 is 1.70 bits per heavy atom.